The third-order valence-corrected chi connectivity index (χ3v) is 13.3. The largest absolute Gasteiger partial charge is 0.444 e. The van der Waals surface area contributed by atoms with Gasteiger partial charge in [0, 0.05) is 75.1 Å². The first-order valence-electron chi connectivity index (χ1n) is 26.4. The maximum Gasteiger partial charge on any atom is 0.410 e. The van der Waals surface area contributed by atoms with Gasteiger partial charge in [0.15, 0.2) is 6.19 Å². The second kappa shape index (κ2) is 26.3. The summed E-state index contributed by atoms with van der Waals surface area (Å²) in [6.07, 6.45) is 6.10. The van der Waals surface area contributed by atoms with Crippen LogP contribution in [0.25, 0.3) is 32.7 Å². The fourth-order valence-corrected chi connectivity index (χ4v) is 9.23. The number of fused-ring (bicyclic) bond motifs is 3. The van der Waals surface area contributed by atoms with Crippen molar-refractivity contribution in [2.24, 2.45) is 29.4 Å². The summed E-state index contributed by atoms with van der Waals surface area (Å²) < 4.78 is 10.7. The highest BCUT2D eigenvalue weighted by Gasteiger charge is 2.31. The molecule has 4 aliphatic heterocycles. The fraction of sp³-hybridized carbons (Fsp3) is 0.483. The molecule has 10 rings (SSSR count). The van der Waals surface area contributed by atoms with E-state index >= 15 is 0 Å². The van der Waals surface area contributed by atoms with Crippen molar-refractivity contribution >= 4 is 62.3 Å². The zero-order chi connectivity index (χ0) is 52.5. The molecular weight excluding hydrogens is 929 g/mol. The molecule has 6 aromatic rings. The Balaban J connectivity index is 0.000000147. The first-order valence-corrected chi connectivity index (χ1v) is 26.4. The Morgan fingerprint density at radius 2 is 0.986 bits per heavy atom. The number of para-hydroxylation sites is 3. The predicted molar refractivity (Wildman–Crippen MR) is 298 cm³/mol. The molecule has 2 amide bonds. The van der Waals surface area contributed by atoms with E-state index in [0.717, 1.165) is 142 Å². The maximum atomic E-state index is 12.1. The van der Waals surface area contributed by atoms with Crippen LogP contribution in [0.15, 0.2) is 109 Å². The molecule has 7 heterocycles. The van der Waals surface area contributed by atoms with Crippen molar-refractivity contribution in [1.82, 2.24) is 35.0 Å². The Labute approximate surface area is 437 Å². The summed E-state index contributed by atoms with van der Waals surface area (Å²) in [5.74, 6) is 4.92. The molecule has 0 aliphatic carbocycles. The minimum Gasteiger partial charge on any atom is -0.444 e. The average molecular weight is 1010 g/mol. The smallest absolute Gasteiger partial charge is 0.410 e. The fourth-order valence-electron chi connectivity index (χ4n) is 9.23. The highest BCUT2D eigenvalue weighted by molar-refractivity contribution is 5.81. The van der Waals surface area contributed by atoms with Crippen LogP contribution >= 0.6 is 0 Å². The van der Waals surface area contributed by atoms with Gasteiger partial charge in [-0.05, 0) is 165 Å². The lowest BCUT2D eigenvalue weighted by atomic mass is 10.1. The number of hydrogen-bond donors (Lipinski definition) is 5. The van der Waals surface area contributed by atoms with E-state index in [-0.39, 0.29) is 12.2 Å². The zero-order valence-corrected chi connectivity index (χ0v) is 44.4. The van der Waals surface area contributed by atoms with E-state index in [1.165, 1.54) is 11.8 Å². The van der Waals surface area contributed by atoms with Crippen LogP contribution in [0, 0.1) is 35.1 Å². The van der Waals surface area contributed by atoms with Gasteiger partial charge < -0.3 is 51.2 Å². The van der Waals surface area contributed by atoms with Gasteiger partial charge in [-0.2, -0.15) is 5.26 Å². The summed E-state index contributed by atoms with van der Waals surface area (Å²) in [5.41, 5.74) is 7.76. The van der Waals surface area contributed by atoms with Gasteiger partial charge in [0.25, 0.3) is 0 Å². The first-order chi connectivity index (χ1) is 35.6. The number of nitrogens with one attached hydrogen (secondary N) is 4. The van der Waals surface area contributed by atoms with Crippen molar-refractivity contribution in [1.29, 1.82) is 5.26 Å². The van der Waals surface area contributed by atoms with Gasteiger partial charge in [-0.1, -0.05) is 54.6 Å². The van der Waals surface area contributed by atoms with Crippen molar-refractivity contribution in [3.8, 4) is 6.19 Å². The molecule has 16 heteroatoms. The van der Waals surface area contributed by atoms with Crippen LogP contribution in [0.3, 0.4) is 0 Å². The average Bonchev–Trinajstić information content (AvgIpc) is 4.26. The number of hydrogen-bond acceptors (Lipinski definition) is 14. The molecule has 4 aliphatic rings. The standard InChI is InChI=1S/C19H25N3O2.C15H16N4.C14H17N3.C10H20N2O2/c1-19(2,3)24-18(23)22-11-10-14(13-22)12-20-17-9-8-15-6-4-5-7-16(15)21-17;16-11-19-8-7-12(10-19)9-17-15-6-5-13-3-1-2-4-14(13)18-15;1-2-4-13-12(3-1)5-6-14(17-13)16-10-11-7-8-15-9-11;1-10(2,3)14-9(13)12-5-4-8(6-11)7-12/h4-9,14H,10-13H2,1-3H3,(H,20,21);1-6,12H,7-10H2,(H,17,18);1-6,11,15H,7-10H2,(H,16,17);8H,4-7,11H2,1-3H3. The molecule has 4 fully saturated rings. The Kier molecular flexibility index (Phi) is 19.5. The number of carbonyl (C=O) groups excluding carboxylic acids is 2. The summed E-state index contributed by atoms with van der Waals surface area (Å²) >= 11 is 0. The summed E-state index contributed by atoms with van der Waals surface area (Å²) in [7, 11) is 0. The van der Waals surface area contributed by atoms with Gasteiger partial charge in [-0.25, -0.2) is 24.5 Å². The zero-order valence-electron chi connectivity index (χ0n) is 44.4. The normalized spacial score (nSPS) is 19.4. The van der Waals surface area contributed by atoms with E-state index in [4.69, 9.17) is 20.5 Å². The number of amides is 2. The maximum absolute atomic E-state index is 12.1. The number of pyridine rings is 3. The number of carbonyl (C=O) groups is 2. The van der Waals surface area contributed by atoms with Gasteiger partial charge in [-0.15, -0.1) is 0 Å². The number of anilines is 3. The molecule has 4 atom stereocenters. The molecule has 4 unspecified atom stereocenters. The molecule has 4 saturated heterocycles. The Morgan fingerprint density at radius 3 is 1.38 bits per heavy atom. The Bertz CT molecular complexity index is 2780. The lowest BCUT2D eigenvalue weighted by molar-refractivity contribution is 0.0278. The van der Waals surface area contributed by atoms with Gasteiger partial charge in [0.05, 0.1) is 16.6 Å². The van der Waals surface area contributed by atoms with Crippen molar-refractivity contribution in [3.63, 3.8) is 0 Å². The Hall–Kier alpha value is -6.96. The number of likely N-dealkylation sites (tertiary alicyclic amines) is 3. The molecule has 3 aromatic heterocycles. The molecule has 394 valence electrons. The summed E-state index contributed by atoms with van der Waals surface area (Å²) in [5, 5.41) is 25.9. The van der Waals surface area contributed by atoms with E-state index < -0.39 is 11.2 Å². The van der Waals surface area contributed by atoms with Crippen LogP contribution in [0.1, 0.15) is 67.2 Å². The number of ether oxygens (including phenoxy) is 2. The van der Waals surface area contributed by atoms with E-state index in [0.29, 0.717) is 24.3 Å². The highest BCUT2D eigenvalue weighted by atomic mass is 16.6. The monoisotopic (exact) mass is 1010 g/mol. The SMILES string of the molecule is CC(C)(C)OC(=O)N1CCC(CN)C1.CC(C)(C)OC(=O)N1CCC(CNc2ccc3ccccc3n2)C1.N#CN1CCC(CNc2ccc3ccccc3n2)C1.c1ccc2nc(NCC3CCNC3)ccc2c1. The van der Waals surface area contributed by atoms with E-state index in [1.54, 1.807) is 9.80 Å². The van der Waals surface area contributed by atoms with Crippen LogP contribution in [0.4, 0.5) is 27.0 Å². The van der Waals surface area contributed by atoms with Gasteiger partial charge >= 0.3 is 12.2 Å². The summed E-state index contributed by atoms with van der Waals surface area (Å²) in [6.45, 7) is 21.7. The molecule has 0 saturated carbocycles. The molecular formula is C58H78N12O4. The van der Waals surface area contributed by atoms with Crippen LogP contribution < -0.4 is 27.0 Å². The van der Waals surface area contributed by atoms with Crippen molar-refractivity contribution in [2.45, 2.75) is 78.4 Å². The first kappa shape index (κ1) is 54.8. The van der Waals surface area contributed by atoms with Crippen molar-refractivity contribution in [3.05, 3.63) is 109 Å². The van der Waals surface area contributed by atoms with Gasteiger partial charge in [-0.3, -0.25) is 0 Å². The minimum absolute atomic E-state index is 0.214. The number of nitrogens with zero attached hydrogens (tertiary/aromatic N) is 7. The van der Waals surface area contributed by atoms with E-state index in [2.05, 4.69) is 90.9 Å². The number of benzene rings is 3. The molecule has 0 radical (unpaired) electrons. The third kappa shape index (κ3) is 17.3. The quantitative estimate of drug-likeness (QED) is 0.0813. The molecule has 0 bridgehead atoms. The van der Waals surface area contributed by atoms with E-state index in [9.17, 15) is 9.59 Å². The molecule has 16 nitrogen and oxygen atoms in total. The van der Waals surface area contributed by atoms with E-state index in [1.807, 2.05) is 107 Å². The van der Waals surface area contributed by atoms with Crippen LogP contribution in [0.5, 0.6) is 0 Å². The second-order valence-electron chi connectivity index (χ2n) is 21.8. The van der Waals surface area contributed by atoms with Crippen LogP contribution in [0.2, 0.25) is 0 Å². The summed E-state index contributed by atoms with van der Waals surface area (Å²) in [6, 6.07) is 36.8. The van der Waals surface area contributed by atoms with Crippen LogP contribution in [-0.4, -0.2) is 132 Å². The molecule has 74 heavy (non-hydrogen) atoms. The molecule has 0 spiro atoms. The number of nitriles is 1. The molecule has 6 N–H and O–H groups in total. The van der Waals surface area contributed by atoms with Crippen LogP contribution in [-0.2, 0) is 9.47 Å². The number of nitrogens with two attached hydrogens (primary N) is 1. The van der Waals surface area contributed by atoms with Crippen molar-refractivity contribution < 1.29 is 19.1 Å². The third-order valence-electron chi connectivity index (χ3n) is 13.3. The highest BCUT2D eigenvalue weighted by Crippen LogP contribution is 2.23. The summed E-state index contributed by atoms with van der Waals surface area (Å²) in [4.78, 5) is 42.9. The lowest BCUT2D eigenvalue weighted by Crippen LogP contribution is -2.35. The predicted octanol–water partition coefficient (Wildman–Crippen LogP) is 9.81. The van der Waals surface area contributed by atoms with Gasteiger partial charge in [0.1, 0.15) is 28.7 Å². The number of aromatic nitrogens is 3. The molecule has 3 aromatic carbocycles. The Morgan fingerprint density at radius 1 is 0.581 bits per heavy atom. The van der Waals surface area contributed by atoms with Crippen molar-refractivity contribution in [2.75, 3.05) is 94.5 Å². The topological polar surface area (TPSA) is 199 Å². The second-order valence-corrected chi connectivity index (χ2v) is 21.8. The lowest BCUT2D eigenvalue weighted by Gasteiger charge is -2.24. The van der Waals surface area contributed by atoms with Gasteiger partial charge in [0.2, 0.25) is 0 Å². The number of rotatable bonds is 10. The minimum atomic E-state index is -0.442.